The topological polar surface area (TPSA) is 64.1 Å². The van der Waals surface area contributed by atoms with Crippen molar-refractivity contribution < 1.29 is 9.53 Å². The van der Waals surface area contributed by atoms with Crippen LogP contribution >= 0.6 is 0 Å². The molecule has 0 spiro atoms. The largest absolute Gasteiger partial charge is 0.460 e. The Balaban J connectivity index is 1.46. The van der Waals surface area contributed by atoms with Gasteiger partial charge < -0.3 is 10.1 Å². The molecule has 0 atom stereocenters. The number of rotatable bonds is 4. The highest BCUT2D eigenvalue weighted by atomic mass is 16.5. The maximum absolute atomic E-state index is 12.0. The molecule has 1 amide bonds. The van der Waals surface area contributed by atoms with Crippen LogP contribution in [-0.2, 0) is 4.79 Å². The Kier molecular flexibility index (Phi) is 4.60. The molecule has 22 heavy (non-hydrogen) atoms. The highest BCUT2D eigenvalue weighted by Crippen LogP contribution is 2.28. The predicted molar refractivity (Wildman–Crippen MR) is 83.7 cm³/mol. The van der Waals surface area contributed by atoms with Crippen LogP contribution in [0.3, 0.4) is 0 Å². The second-order valence-corrected chi connectivity index (χ2v) is 6.66. The summed E-state index contributed by atoms with van der Waals surface area (Å²) in [4.78, 5) is 20.6. The standard InChI is InChI=1S/C17H25N3O2/c1-11-10-12(2)19-17(18-11)22-15-8-6-14(7-9-15)20-16(21)13-4-3-5-13/h10,13-15H,3-9H2,1-2H3,(H,20,21). The molecule has 1 aromatic rings. The van der Waals surface area contributed by atoms with E-state index in [1.165, 1.54) is 6.42 Å². The first kappa shape index (κ1) is 15.3. The summed E-state index contributed by atoms with van der Waals surface area (Å²) in [5.41, 5.74) is 1.87. The van der Waals surface area contributed by atoms with Crippen molar-refractivity contribution in [3.8, 4) is 6.01 Å². The molecule has 1 aromatic heterocycles. The molecule has 120 valence electrons. The van der Waals surface area contributed by atoms with Gasteiger partial charge in [-0.05, 0) is 58.4 Å². The van der Waals surface area contributed by atoms with Crippen LogP contribution in [0.4, 0.5) is 0 Å². The van der Waals surface area contributed by atoms with Gasteiger partial charge in [0.25, 0.3) is 0 Å². The minimum absolute atomic E-state index is 0.165. The van der Waals surface area contributed by atoms with Crippen LogP contribution in [-0.4, -0.2) is 28.0 Å². The van der Waals surface area contributed by atoms with Crippen molar-refractivity contribution >= 4 is 5.91 Å². The molecule has 5 nitrogen and oxygen atoms in total. The van der Waals surface area contributed by atoms with Gasteiger partial charge in [0.15, 0.2) is 0 Å². The first-order valence-corrected chi connectivity index (χ1v) is 8.39. The van der Waals surface area contributed by atoms with Crippen LogP contribution in [0.15, 0.2) is 6.07 Å². The summed E-state index contributed by atoms with van der Waals surface area (Å²) in [5.74, 6) is 0.533. The summed E-state index contributed by atoms with van der Waals surface area (Å²) in [6.07, 6.45) is 7.36. The number of aromatic nitrogens is 2. The molecule has 0 bridgehead atoms. The van der Waals surface area contributed by atoms with Crippen LogP contribution in [0.25, 0.3) is 0 Å². The third kappa shape index (κ3) is 3.76. The number of carbonyl (C=O) groups excluding carboxylic acids is 1. The average molecular weight is 303 g/mol. The fraction of sp³-hybridized carbons (Fsp3) is 0.706. The molecular weight excluding hydrogens is 278 g/mol. The summed E-state index contributed by atoms with van der Waals surface area (Å²) in [5, 5.41) is 3.20. The fourth-order valence-electron chi connectivity index (χ4n) is 3.21. The molecule has 0 saturated heterocycles. The van der Waals surface area contributed by atoms with Crippen LogP contribution in [0.5, 0.6) is 6.01 Å². The van der Waals surface area contributed by atoms with Crippen LogP contribution in [0.2, 0.25) is 0 Å². The quantitative estimate of drug-likeness (QED) is 0.929. The Morgan fingerprint density at radius 1 is 1.09 bits per heavy atom. The number of aryl methyl sites for hydroxylation is 2. The number of amides is 1. The lowest BCUT2D eigenvalue weighted by Gasteiger charge is -2.31. The second kappa shape index (κ2) is 6.63. The highest BCUT2D eigenvalue weighted by molar-refractivity contribution is 5.79. The number of hydrogen-bond donors (Lipinski definition) is 1. The van der Waals surface area contributed by atoms with E-state index < -0.39 is 0 Å². The van der Waals surface area contributed by atoms with Crippen molar-refractivity contribution in [3.63, 3.8) is 0 Å². The van der Waals surface area contributed by atoms with E-state index in [0.717, 1.165) is 49.9 Å². The van der Waals surface area contributed by atoms with Gasteiger partial charge in [-0.2, -0.15) is 0 Å². The number of hydrogen-bond acceptors (Lipinski definition) is 4. The van der Waals surface area contributed by atoms with Crippen molar-refractivity contribution in [1.82, 2.24) is 15.3 Å². The molecule has 2 aliphatic carbocycles. The molecule has 1 N–H and O–H groups in total. The lowest BCUT2D eigenvalue weighted by Crippen LogP contribution is -2.43. The Bertz CT molecular complexity index is 514. The normalized spacial score (nSPS) is 25.4. The molecule has 2 aliphatic rings. The first-order chi connectivity index (χ1) is 10.6. The van der Waals surface area contributed by atoms with E-state index in [0.29, 0.717) is 12.1 Å². The molecule has 2 fully saturated rings. The van der Waals surface area contributed by atoms with Gasteiger partial charge in [0.1, 0.15) is 6.10 Å². The summed E-state index contributed by atoms with van der Waals surface area (Å²) < 4.78 is 5.92. The zero-order valence-corrected chi connectivity index (χ0v) is 13.5. The fourth-order valence-corrected chi connectivity index (χ4v) is 3.21. The minimum atomic E-state index is 0.165. The maximum atomic E-state index is 12.0. The number of nitrogens with zero attached hydrogens (tertiary/aromatic N) is 2. The van der Waals surface area contributed by atoms with Gasteiger partial charge >= 0.3 is 6.01 Å². The van der Waals surface area contributed by atoms with E-state index in [1.807, 2.05) is 19.9 Å². The van der Waals surface area contributed by atoms with E-state index in [4.69, 9.17) is 4.74 Å². The van der Waals surface area contributed by atoms with E-state index in [-0.39, 0.29) is 17.9 Å². The molecule has 1 heterocycles. The lowest BCUT2D eigenvalue weighted by molar-refractivity contribution is -0.128. The predicted octanol–water partition coefficient (Wildman–Crippen LogP) is 2.70. The molecule has 5 heteroatoms. The third-order valence-corrected chi connectivity index (χ3v) is 4.73. The summed E-state index contributed by atoms with van der Waals surface area (Å²) >= 11 is 0. The van der Waals surface area contributed by atoms with Crippen molar-refractivity contribution in [2.45, 2.75) is 70.9 Å². The van der Waals surface area contributed by atoms with Crippen LogP contribution < -0.4 is 10.1 Å². The van der Waals surface area contributed by atoms with E-state index in [1.54, 1.807) is 0 Å². The zero-order valence-electron chi connectivity index (χ0n) is 13.5. The lowest BCUT2D eigenvalue weighted by atomic mass is 9.84. The van der Waals surface area contributed by atoms with Crippen LogP contribution in [0.1, 0.15) is 56.3 Å². The third-order valence-electron chi connectivity index (χ3n) is 4.73. The number of nitrogens with one attached hydrogen (secondary N) is 1. The van der Waals surface area contributed by atoms with Gasteiger partial charge in [-0.15, -0.1) is 0 Å². The smallest absolute Gasteiger partial charge is 0.317 e. The minimum Gasteiger partial charge on any atom is -0.460 e. The maximum Gasteiger partial charge on any atom is 0.317 e. The van der Waals surface area contributed by atoms with Gasteiger partial charge in [-0.1, -0.05) is 6.42 Å². The second-order valence-electron chi connectivity index (χ2n) is 6.66. The SMILES string of the molecule is Cc1cc(C)nc(OC2CCC(NC(=O)C3CCC3)CC2)n1. The number of carbonyl (C=O) groups is 1. The van der Waals surface area contributed by atoms with E-state index in [2.05, 4.69) is 15.3 Å². The Morgan fingerprint density at radius 3 is 2.27 bits per heavy atom. The summed E-state index contributed by atoms with van der Waals surface area (Å²) in [7, 11) is 0. The van der Waals surface area contributed by atoms with Crippen molar-refractivity contribution in [2.24, 2.45) is 5.92 Å². The van der Waals surface area contributed by atoms with E-state index >= 15 is 0 Å². The van der Waals surface area contributed by atoms with Crippen molar-refractivity contribution in [2.75, 3.05) is 0 Å². The van der Waals surface area contributed by atoms with Crippen LogP contribution in [0, 0.1) is 19.8 Å². The molecular formula is C17H25N3O2. The zero-order chi connectivity index (χ0) is 15.5. The molecule has 0 radical (unpaired) electrons. The Labute approximate surface area is 131 Å². The van der Waals surface area contributed by atoms with Crippen molar-refractivity contribution in [1.29, 1.82) is 0 Å². The molecule has 0 aliphatic heterocycles. The molecule has 3 rings (SSSR count). The first-order valence-electron chi connectivity index (χ1n) is 8.39. The molecule has 2 saturated carbocycles. The van der Waals surface area contributed by atoms with Gasteiger partial charge in [0.2, 0.25) is 5.91 Å². The Morgan fingerprint density at radius 2 is 1.73 bits per heavy atom. The van der Waals surface area contributed by atoms with Gasteiger partial charge in [-0.3, -0.25) is 4.79 Å². The van der Waals surface area contributed by atoms with Gasteiger partial charge in [0.05, 0.1) is 0 Å². The van der Waals surface area contributed by atoms with E-state index in [9.17, 15) is 4.79 Å². The summed E-state index contributed by atoms with van der Waals surface area (Å²) in [6.45, 7) is 3.91. The molecule has 0 aromatic carbocycles. The Hall–Kier alpha value is -1.65. The van der Waals surface area contributed by atoms with Gasteiger partial charge in [0, 0.05) is 23.3 Å². The highest BCUT2D eigenvalue weighted by Gasteiger charge is 2.29. The molecule has 0 unspecified atom stereocenters. The number of ether oxygens (including phenoxy) is 1. The average Bonchev–Trinajstić information content (AvgIpc) is 2.37. The summed E-state index contributed by atoms with van der Waals surface area (Å²) in [6, 6.07) is 2.74. The van der Waals surface area contributed by atoms with Gasteiger partial charge in [-0.25, -0.2) is 9.97 Å². The van der Waals surface area contributed by atoms with Crippen molar-refractivity contribution in [3.05, 3.63) is 17.5 Å². The monoisotopic (exact) mass is 303 g/mol.